The van der Waals surface area contributed by atoms with E-state index < -0.39 is 0 Å². The fourth-order valence-corrected chi connectivity index (χ4v) is 1.40. The smallest absolute Gasteiger partial charge is 0.0820 e. The lowest BCUT2D eigenvalue weighted by Gasteiger charge is -2.15. The Bertz CT molecular complexity index is 281. The van der Waals surface area contributed by atoms with Gasteiger partial charge in [0.1, 0.15) is 0 Å². The summed E-state index contributed by atoms with van der Waals surface area (Å²) in [6.07, 6.45) is 5.04. The Morgan fingerprint density at radius 2 is 2.43 bits per heavy atom. The Morgan fingerprint density at radius 3 is 3.07 bits per heavy atom. The molecule has 0 saturated carbocycles. The molecule has 0 fully saturated rings. The topological polar surface area (TPSA) is 45.1 Å². The van der Waals surface area contributed by atoms with E-state index in [1.165, 1.54) is 0 Å². The third kappa shape index (κ3) is 3.52. The summed E-state index contributed by atoms with van der Waals surface area (Å²) in [6, 6.07) is 2.15. The van der Waals surface area contributed by atoms with Gasteiger partial charge in [-0.15, -0.1) is 0 Å². The van der Waals surface area contributed by atoms with E-state index in [9.17, 15) is 0 Å². The van der Waals surface area contributed by atoms with Crippen LogP contribution in [0.15, 0.2) is 18.5 Å². The molecule has 2 N–H and O–H groups in total. The fourth-order valence-electron chi connectivity index (χ4n) is 1.23. The maximum Gasteiger partial charge on any atom is 0.0820 e. The van der Waals surface area contributed by atoms with E-state index in [2.05, 4.69) is 17.2 Å². The molecule has 0 aliphatic carbocycles. The molecule has 1 atom stereocenters. The highest BCUT2D eigenvalue weighted by Gasteiger charge is 2.04. The molecule has 0 saturated heterocycles. The van der Waals surface area contributed by atoms with Gasteiger partial charge in [-0.25, -0.2) is 0 Å². The van der Waals surface area contributed by atoms with Gasteiger partial charge in [-0.3, -0.25) is 4.98 Å². The lowest BCUT2D eigenvalue weighted by Crippen LogP contribution is -2.15. The molecule has 78 valence electrons. The number of nitrogens with zero attached hydrogens (tertiary/aromatic N) is 1. The number of hydrogen-bond donors (Lipinski definition) is 2. The molecule has 0 aliphatic rings. The summed E-state index contributed by atoms with van der Waals surface area (Å²) in [4.78, 5) is 3.90. The van der Waals surface area contributed by atoms with Crippen LogP contribution in [0.3, 0.4) is 0 Å². The van der Waals surface area contributed by atoms with Crippen molar-refractivity contribution in [3.05, 3.63) is 23.5 Å². The number of pyridine rings is 1. The average molecular weight is 215 g/mol. The van der Waals surface area contributed by atoms with Crippen LogP contribution in [0.5, 0.6) is 0 Å². The third-order valence-electron chi connectivity index (χ3n) is 1.97. The molecule has 0 spiro atoms. The van der Waals surface area contributed by atoms with Gasteiger partial charge in [0.25, 0.3) is 0 Å². The number of anilines is 1. The van der Waals surface area contributed by atoms with Crippen LogP contribution in [0.25, 0.3) is 0 Å². The van der Waals surface area contributed by atoms with Crippen LogP contribution in [-0.2, 0) is 0 Å². The summed E-state index contributed by atoms with van der Waals surface area (Å²) in [7, 11) is 0. The Kier molecular flexibility index (Phi) is 4.70. The van der Waals surface area contributed by atoms with Crippen molar-refractivity contribution in [1.82, 2.24) is 4.98 Å². The van der Waals surface area contributed by atoms with E-state index in [4.69, 9.17) is 16.7 Å². The van der Waals surface area contributed by atoms with Gasteiger partial charge in [0.05, 0.1) is 10.7 Å². The van der Waals surface area contributed by atoms with E-state index in [1.54, 1.807) is 12.4 Å². The minimum atomic E-state index is 0.232. The highest BCUT2D eigenvalue weighted by molar-refractivity contribution is 6.33. The largest absolute Gasteiger partial charge is 0.396 e. The predicted molar refractivity (Wildman–Crippen MR) is 58.7 cm³/mol. The molecule has 0 radical (unpaired) electrons. The molecule has 4 heteroatoms. The first kappa shape index (κ1) is 11.3. The maximum absolute atomic E-state index is 8.67. The van der Waals surface area contributed by atoms with Crippen molar-refractivity contribution in [3.8, 4) is 0 Å². The summed E-state index contributed by atoms with van der Waals surface area (Å²) in [5.41, 5.74) is 0.895. The van der Waals surface area contributed by atoms with Gasteiger partial charge in [-0.05, 0) is 25.8 Å². The number of nitrogens with one attached hydrogen (secondary N) is 1. The number of aliphatic hydroxyl groups is 1. The van der Waals surface area contributed by atoms with Crippen molar-refractivity contribution >= 4 is 17.3 Å². The van der Waals surface area contributed by atoms with Crippen molar-refractivity contribution < 1.29 is 5.11 Å². The lowest BCUT2D eigenvalue weighted by atomic mass is 10.2. The van der Waals surface area contributed by atoms with Crippen LogP contribution in [-0.4, -0.2) is 22.7 Å². The average Bonchev–Trinajstić information content (AvgIpc) is 2.18. The zero-order valence-electron chi connectivity index (χ0n) is 8.20. The Balaban J connectivity index is 2.47. The molecule has 1 aromatic heterocycles. The zero-order chi connectivity index (χ0) is 10.4. The quantitative estimate of drug-likeness (QED) is 0.791. The third-order valence-corrected chi connectivity index (χ3v) is 2.27. The lowest BCUT2D eigenvalue weighted by molar-refractivity contribution is 0.282. The first-order valence-corrected chi connectivity index (χ1v) is 5.08. The van der Waals surface area contributed by atoms with Gasteiger partial charge in [-0.1, -0.05) is 11.6 Å². The molecule has 0 aliphatic heterocycles. The fraction of sp³-hybridized carbons (Fsp3) is 0.500. The number of aromatic nitrogens is 1. The second-order valence-corrected chi connectivity index (χ2v) is 3.67. The van der Waals surface area contributed by atoms with Crippen LogP contribution in [0.4, 0.5) is 5.69 Å². The molecule has 1 rings (SSSR count). The first-order chi connectivity index (χ1) is 6.74. The molecule has 1 aromatic rings. The number of aliphatic hydroxyl groups excluding tert-OH is 1. The maximum atomic E-state index is 8.67. The van der Waals surface area contributed by atoms with Crippen molar-refractivity contribution in [2.24, 2.45) is 0 Å². The van der Waals surface area contributed by atoms with E-state index in [1.807, 2.05) is 6.07 Å². The molecule has 1 heterocycles. The summed E-state index contributed by atoms with van der Waals surface area (Å²) in [5, 5.41) is 12.6. The Morgan fingerprint density at radius 1 is 1.64 bits per heavy atom. The highest BCUT2D eigenvalue weighted by Crippen LogP contribution is 2.20. The second-order valence-electron chi connectivity index (χ2n) is 3.27. The van der Waals surface area contributed by atoms with Gasteiger partial charge in [0.2, 0.25) is 0 Å². The normalized spacial score (nSPS) is 12.5. The standard InChI is InChI=1S/C10H15ClN2O/c1-8(3-2-6-14)13-10-4-5-12-7-9(10)11/h4-5,7-8,14H,2-3,6H2,1H3,(H,12,13). The van der Waals surface area contributed by atoms with Gasteiger partial charge < -0.3 is 10.4 Å². The highest BCUT2D eigenvalue weighted by atomic mass is 35.5. The summed E-state index contributed by atoms with van der Waals surface area (Å²) < 4.78 is 0. The molecular formula is C10H15ClN2O. The molecule has 0 aromatic carbocycles. The van der Waals surface area contributed by atoms with Crippen LogP contribution >= 0.6 is 11.6 Å². The molecular weight excluding hydrogens is 200 g/mol. The number of rotatable bonds is 5. The predicted octanol–water partition coefficient (Wildman–Crippen LogP) is 2.31. The minimum absolute atomic E-state index is 0.232. The number of hydrogen-bond acceptors (Lipinski definition) is 3. The van der Waals surface area contributed by atoms with Crippen LogP contribution in [0.2, 0.25) is 5.02 Å². The van der Waals surface area contributed by atoms with E-state index >= 15 is 0 Å². The molecule has 3 nitrogen and oxygen atoms in total. The zero-order valence-corrected chi connectivity index (χ0v) is 8.96. The van der Waals surface area contributed by atoms with Crippen molar-refractivity contribution in [3.63, 3.8) is 0 Å². The van der Waals surface area contributed by atoms with Crippen LogP contribution in [0.1, 0.15) is 19.8 Å². The van der Waals surface area contributed by atoms with Gasteiger partial charge >= 0.3 is 0 Å². The van der Waals surface area contributed by atoms with Gasteiger partial charge in [0.15, 0.2) is 0 Å². The molecule has 0 amide bonds. The van der Waals surface area contributed by atoms with Crippen molar-refractivity contribution in [2.45, 2.75) is 25.8 Å². The Hall–Kier alpha value is -0.800. The van der Waals surface area contributed by atoms with E-state index in [-0.39, 0.29) is 6.61 Å². The monoisotopic (exact) mass is 214 g/mol. The van der Waals surface area contributed by atoms with Crippen LogP contribution < -0.4 is 5.32 Å². The van der Waals surface area contributed by atoms with Crippen LogP contribution in [0, 0.1) is 0 Å². The molecule has 14 heavy (non-hydrogen) atoms. The first-order valence-electron chi connectivity index (χ1n) is 4.71. The SMILES string of the molecule is CC(CCCO)Nc1ccncc1Cl. The van der Waals surface area contributed by atoms with Gasteiger partial charge in [0, 0.05) is 25.0 Å². The molecule has 0 bridgehead atoms. The van der Waals surface area contributed by atoms with E-state index in [0.29, 0.717) is 11.1 Å². The minimum Gasteiger partial charge on any atom is -0.396 e. The van der Waals surface area contributed by atoms with E-state index in [0.717, 1.165) is 18.5 Å². The van der Waals surface area contributed by atoms with Gasteiger partial charge in [-0.2, -0.15) is 0 Å². The summed E-state index contributed by atoms with van der Waals surface area (Å²) in [5.74, 6) is 0. The second kappa shape index (κ2) is 5.83. The summed E-state index contributed by atoms with van der Waals surface area (Å²) in [6.45, 7) is 2.29. The molecule has 1 unspecified atom stereocenters. The Labute approximate surface area is 89.1 Å². The van der Waals surface area contributed by atoms with Crippen molar-refractivity contribution in [2.75, 3.05) is 11.9 Å². The van der Waals surface area contributed by atoms with Crippen molar-refractivity contribution in [1.29, 1.82) is 0 Å². The number of halogens is 1. The summed E-state index contributed by atoms with van der Waals surface area (Å²) >= 11 is 5.93.